The Hall–Kier alpha value is -1.56. The summed E-state index contributed by atoms with van der Waals surface area (Å²) in [6.07, 6.45) is 1.13. The maximum atomic E-state index is 11.7. The largest absolute Gasteiger partial charge is 0.480 e. The summed E-state index contributed by atoms with van der Waals surface area (Å²) in [6, 6.07) is 2.55. The number of aliphatic carboxylic acids is 1. The van der Waals surface area contributed by atoms with E-state index in [1.165, 1.54) is 4.88 Å². The summed E-state index contributed by atoms with van der Waals surface area (Å²) in [7, 11) is 0. The first-order valence-electron chi connectivity index (χ1n) is 6.30. The lowest BCUT2D eigenvalue weighted by molar-refractivity contribution is -0.139. The molecule has 0 spiro atoms. The molecule has 0 saturated heterocycles. The lowest BCUT2D eigenvalue weighted by atomic mass is 10.2. The number of nitrogens with one attached hydrogen (secondary N) is 2. The second kappa shape index (κ2) is 7.13. The second-order valence-corrected chi connectivity index (χ2v) is 5.79. The first-order valence-corrected chi connectivity index (χ1v) is 7.11. The van der Waals surface area contributed by atoms with Crippen LogP contribution in [-0.2, 0) is 4.79 Å². The molecule has 0 aliphatic carbocycles. The molecule has 1 rings (SSSR count). The van der Waals surface area contributed by atoms with Gasteiger partial charge >= 0.3 is 12.0 Å². The Balaban J connectivity index is 2.52. The number of aryl methyl sites for hydroxylation is 1. The summed E-state index contributed by atoms with van der Waals surface area (Å²) in [4.78, 5) is 24.9. The van der Waals surface area contributed by atoms with E-state index in [4.69, 9.17) is 5.11 Å². The van der Waals surface area contributed by atoms with Crippen molar-refractivity contribution in [3.8, 4) is 0 Å². The van der Waals surface area contributed by atoms with Gasteiger partial charge in [-0.25, -0.2) is 9.59 Å². The predicted molar refractivity (Wildman–Crippen MR) is 75.5 cm³/mol. The Morgan fingerprint density at radius 2 is 2.05 bits per heavy atom. The molecule has 1 aromatic rings. The van der Waals surface area contributed by atoms with Gasteiger partial charge in [-0.05, 0) is 32.4 Å². The van der Waals surface area contributed by atoms with Gasteiger partial charge in [0.25, 0.3) is 0 Å². The van der Waals surface area contributed by atoms with Gasteiger partial charge in [0.1, 0.15) is 6.04 Å². The molecule has 19 heavy (non-hydrogen) atoms. The normalized spacial score (nSPS) is 13.6. The zero-order chi connectivity index (χ0) is 14.4. The third-order valence-corrected chi connectivity index (χ3v) is 3.90. The molecule has 106 valence electrons. The molecule has 5 nitrogen and oxygen atoms in total. The molecule has 2 atom stereocenters. The number of carbonyl (C=O) groups excluding carboxylic acids is 1. The van der Waals surface area contributed by atoms with Crippen LogP contribution in [0.3, 0.4) is 0 Å². The van der Waals surface area contributed by atoms with E-state index in [-0.39, 0.29) is 6.04 Å². The molecule has 0 fully saturated rings. The second-order valence-electron chi connectivity index (χ2n) is 4.47. The van der Waals surface area contributed by atoms with Crippen LogP contribution < -0.4 is 10.6 Å². The van der Waals surface area contributed by atoms with Crippen molar-refractivity contribution in [2.75, 3.05) is 0 Å². The Kier molecular flexibility index (Phi) is 5.82. The van der Waals surface area contributed by atoms with Gasteiger partial charge in [0, 0.05) is 9.75 Å². The molecule has 0 aliphatic heterocycles. The van der Waals surface area contributed by atoms with Crippen molar-refractivity contribution in [2.45, 2.75) is 45.7 Å². The number of rotatable bonds is 6. The van der Waals surface area contributed by atoms with Crippen molar-refractivity contribution in [2.24, 2.45) is 0 Å². The van der Waals surface area contributed by atoms with E-state index in [2.05, 4.69) is 10.6 Å². The molecule has 0 aromatic carbocycles. The third-order valence-electron chi connectivity index (χ3n) is 2.72. The predicted octanol–water partition coefficient (Wildman–Crippen LogP) is 2.67. The molecular weight excluding hydrogens is 264 g/mol. The molecule has 2 amide bonds. The van der Waals surface area contributed by atoms with E-state index in [0.29, 0.717) is 12.8 Å². The molecule has 0 saturated carbocycles. The number of hydrogen-bond acceptors (Lipinski definition) is 3. The molecule has 6 heteroatoms. The molecule has 3 N–H and O–H groups in total. The van der Waals surface area contributed by atoms with Crippen LogP contribution in [0.25, 0.3) is 0 Å². The lowest BCUT2D eigenvalue weighted by Gasteiger charge is -2.17. The van der Waals surface area contributed by atoms with E-state index in [1.54, 1.807) is 11.3 Å². The van der Waals surface area contributed by atoms with Crippen molar-refractivity contribution in [1.82, 2.24) is 10.6 Å². The van der Waals surface area contributed by atoms with E-state index in [0.717, 1.165) is 4.88 Å². The minimum absolute atomic E-state index is 0.130. The summed E-state index contributed by atoms with van der Waals surface area (Å²) < 4.78 is 0. The quantitative estimate of drug-likeness (QED) is 0.751. The van der Waals surface area contributed by atoms with Crippen LogP contribution in [0.2, 0.25) is 0 Å². The Morgan fingerprint density at radius 1 is 1.37 bits per heavy atom. The van der Waals surface area contributed by atoms with Crippen LogP contribution in [0.1, 0.15) is 42.5 Å². The molecule has 0 aliphatic rings. The number of carboxylic acids is 1. The monoisotopic (exact) mass is 284 g/mol. The number of amides is 2. The summed E-state index contributed by atoms with van der Waals surface area (Å²) in [6.45, 7) is 5.76. The minimum atomic E-state index is -1.00. The van der Waals surface area contributed by atoms with Crippen LogP contribution in [0, 0.1) is 6.92 Å². The zero-order valence-corrected chi connectivity index (χ0v) is 12.2. The molecule has 0 radical (unpaired) electrons. The van der Waals surface area contributed by atoms with E-state index >= 15 is 0 Å². The van der Waals surface area contributed by atoms with Crippen LogP contribution in [0.15, 0.2) is 12.1 Å². The van der Waals surface area contributed by atoms with Crippen LogP contribution in [0.5, 0.6) is 0 Å². The van der Waals surface area contributed by atoms with Gasteiger partial charge in [-0.2, -0.15) is 0 Å². The van der Waals surface area contributed by atoms with Crippen LogP contribution >= 0.6 is 11.3 Å². The summed E-state index contributed by atoms with van der Waals surface area (Å²) in [5.74, 6) is -1.00. The highest BCUT2D eigenvalue weighted by Gasteiger charge is 2.20. The standard InChI is InChI=1S/C13H20N2O3S/c1-4-5-10(12(16)17)15-13(18)14-9(3)11-7-6-8(2)19-11/h6-7,9-10H,4-5H2,1-3H3,(H,16,17)(H2,14,15,18)/t9?,10-/m0/s1. The van der Waals surface area contributed by atoms with E-state index < -0.39 is 18.0 Å². The van der Waals surface area contributed by atoms with Gasteiger partial charge in [-0.15, -0.1) is 11.3 Å². The number of urea groups is 1. The van der Waals surface area contributed by atoms with Gasteiger partial charge in [0.05, 0.1) is 6.04 Å². The fourth-order valence-electron chi connectivity index (χ4n) is 1.70. The summed E-state index contributed by atoms with van der Waals surface area (Å²) in [5.41, 5.74) is 0. The van der Waals surface area contributed by atoms with Gasteiger partial charge < -0.3 is 15.7 Å². The number of carbonyl (C=O) groups is 2. The number of carboxylic acid groups (broad SMARTS) is 1. The minimum Gasteiger partial charge on any atom is -0.480 e. The summed E-state index contributed by atoms with van der Waals surface area (Å²) >= 11 is 1.61. The van der Waals surface area contributed by atoms with Gasteiger partial charge in [-0.1, -0.05) is 13.3 Å². The highest BCUT2D eigenvalue weighted by atomic mass is 32.1. The van der Waals surface area contributed by atoms with Crippen molar-refractivity contribution >= 4 is 23.3 Å². The summed E-state index contributed by atoms with van der Waals surface area (Å²) in [5, 5.41) is 14.2. The van der Waals surface area contributed by atoms with Crippen molar-refractivity contribution in [1.29, 1.82) is 0 Å². The van der Waals surface area contributed by atoms with E-state index in [1.807, 2.05) is 32.9 Å². The van der Waals surface area contributed by atoms with E-state index in [9.17, 15) is 9.59 Å². The first kappa shape index (κ1) is 15.5. The van der Waals surface area contributed by atoms with Crippen LogP contribution in [0.4, 0.5) is 4.79 Å². The smallest absolute Gasteiger partial charge is 0.326 e. The van der Waals surface area contributed by atoms with Gasteiger partial charge in [0.15, 0.2) is 0 Å². The molecule has 0 bridgehead atoms. The molecule has 1 aromatic heterocycles. The Bertz CT molecular complexity index is 445. The number of thiophene rings is 1. The molecule has 1 unspecified atom stereocenters. The average Bonchev–Trinajstić information content (AvgIpc) is 2.75. The lowest BCUT2D eigenvalue weighted by Crippen LogP contribution is -2.46. The Morgan fingerprint density at radius 3 is 2.53 bits per heavy atom. The maximum absolute atomic E-state index is 11.7. The molecular formula is C13H20N2O3S. The third kappa shape index (κ3) is 4.90. The van der Waals surface area contributed by atoms with Crippen molar-refractivity contribution in [3.05, 3.63) is 21.9 Å². The zero-order valence-electron chi connectivity index (χ0n) is 11.4. The maximum Gasteiger partial charge on any atom is 0.326 e. The number of hydrogen-bond donors (Lipinski definition) is 3. The topological polar surface area (TPSA) is 78.4 Å². The highest BCUT2D eigenvalue weighted by Crippen LogP contribution is 2.22. The fraction of sp³-hybridized carbons (Fsp3) is 0.538. The first-order chi connectivity index (χ1) is 8.93. The fourth-order valence-corrected chi connectivity index (χ4v) is 2.58. The highest BCUT2D eigenvalue weighted by molar-refractivity contribution is 7.12. The van der Waals surface area contributed by atoms with Crippen molar-refractivity contribution in [3.63, 3.8) is 0 Å². The molecule has 1 heterocycles. The van der Waals surface area contributed by atoms with Gasteiger partial charge in [0.2, 0.25) is 0 Å². The SMILES string of the molecule is CCC[C@H](NC(=O)NC(C)c1ccc(C)s1)C(=O)O. The van der Waals surface area contributed by atoms with Crippen LogP contribution in [-0.4, -0.2) is 23.1 Å². The average molecular weight is 284 g/mol. The Labute approximate surface area is 117 Å². The van der Waals surface area contributed by atoms with Gasteiger partial charge in [-0.3, -0.25) is 0 Å². The van der Waals surface area contributed by atoms with Crippen molar-refractivity contribution < 1.29 is 14.7 Å².